The van der Waals surface area contributed by atoms with E-state index in [1.807, 2.05) is 0 Å². The fourth-order valence-electron chi connectivity index (χ4n) is 2.12. The molecular formula is C8H17N3O2S. The topological polar surface area (TPSA) is 66.6 Å². The van der Waals surface area contributed by atoms with Crippen molar-refractivity contribution in [2.75, 3.05) is 19.6 Å². The van der Waals surface area contributed by atoms with E-state index >= 15 is 0 Å². The number of nitrogens with two attached hydrogens (primary N) is 1. The van der Waals surface area contributed by atoms with Gasteiger partial charge in [0.15, 0.2) is 0 Å². The van der Waals surface area contributed by atoms with Crippen LogP contribution in [0.4, 0.5) is 0 Å². The lowest BCUT2D eigenvalue weighted by Crippen LogP contribution is -2.47. The van der Waals surface area contributed by atoms with Crippen molar-refractivity contribution in [3.63, 3.8) is 0 Å². The molecule has 2 saturated heterocycles. The van der Waals surface area contributed by atoms with E-state index in [2.05, 4.69) is 0 Å². The van der Waals surface area contributed by atoms with Gasteiger partial charge in [-0.2, -0.15) is 17.0 Å². The third-order valence-electron chi connectivity index (χ3n) is 2.94. The molecule has 14 heavy (non-hydrogen) atoms. The van der Waals surface area contributed by atoms with Gasteiger partial charge in [-0.25, -0.2) is 0 Å². The van der Waals surface area contributed by atoms with Crippen molar-refractivity contribution < 1.29 is 8.42 Å². The maximum atomic E-state index is 12.0. The molecule has 0 aromatic carbocycles. The zero-order valence-electron chi connectivity index (χ0n) is 8.22. The Morgan fingerprint density at radius 1 is 1.07 bits per heavy atom. The quantitative estimate of drug-likeness (QED) is 0.694. The average Bonchev–Trinajstić information content (AvgIpc) is 2.72. The Kier molecular flexibility index (Phi) is 2.79. The van der Waals surface area contributed by atoms with Gasteiger partial charge >= 0.3 is 0 Å². The Labute approximate surface area is 85.0 Å². The first-order valence-corrected chi connectivity index (χ1v) is 6.54. The van der Waals surface area contributed by atoms with Crippen LogP contribution in [-0.4, -0.2) is 42.8 Å². The summed E-state index contributed by atoms with van der Waals surface area (Å²) in [4.78, 5) is 0. The average molecular weight is 219 g/mol. The number of nitrogens with zero attached hydrogens (tertiary/aromatic N) is 2. The molecule has 0 bridgehead atoms. The van der Waals surface area contributed by atoms with Crippen molar-refractivity contribution in [3.8, 4) is 0 Å². The van der Waals surface area contributed by atoms with Gasteiger partial charge in [-0.15, -0.1) is 0 Å². The third kappa shape index (κ3) is 1.67. The summed E-state index contributed by atoms with van der Waals surface area (Å²) in [5.74, 6) is 0. The Hall–Kier alpha value is -0.170. The summed E-state index contributed by atoms with van der Waals surface area (Å²) >= 11 is 0. The lowest BCUT2D eigenvalue weighted by atomic mass is 10.3. The fourth-order valence-corrected chi connectivity index (χ4v) is 3.94. The van der Waals surface area contributed by atoms with Gasteiger partial charge in [0.1, 0.15) is 0 Å². The summed E-state index contributed by atoms with van der Waals surface area (Å²) in [6, 6.07) is 0. The minimum Gasteiger partial charge on any atom is -0.315 e. The van der Waals surface area contributed by atoms with Crippen molar-refractivity contribution in [1.29, 1.82) is 0 Å². The Morgan fingerprint density at radius 3 is 2.21 bits per heavy atom. The molecule has 0 saturated carbocycles. The molecule has 0 aromatic heterocycles. The van der Waals surface area contributed by atoms with Crippen LogP contribution in [0.15, 0.2) is 0 Å². The molecule has 0 spiro atoms. The van der Waals surface area contributed by atoms with Crippen molar-refractivity contribution in [2.24, 2.45) is 5.73 Å². The molecule has 2 heterocycles. The highest BCUT2D eigenvalue weighted by Crippen LogP contribution is 2.22. The minimum absolute atomic E-state index is 0.305. The summed E-state index contributed by atoms with van der Waals surface area (Å²) in [7, 11) is -3.25. The first-order valence-electron chi connectivity index (χ1n) is 5.15. The second-order valence-electron chi connectivity index (χ2n) is 3.93. The monoisotopic (exact) mass is 219 g/mol. The molecular weight excluding hydrogens is 202 g/mol. The van der Waals surface area contributed by atoms with Gasteiger partial charge in [-0.05, 0) is 25.7 Å². The molecule has 5 nitrogen and oxygen atoms in total. The maximum absolute atomic E-state index is 12.0. The van der Waals surface area contributed by atoms with Crippen molar-refractivity contribution in [2.45, 2.75) is 31.8 Å². The summed E-state index contributed by atoms with van der Waals surface area (Å²) in [5.41, 5.74) is 5.75. The summed E-state index contributed by atoms with van der Waals surface area (Å²) in [6.07, 6.45) is 3.31. The van der Waals surface area contributed by atoms with Gasteiger partial charge in [0.25, 0.3) is 10.2 Å². The zero-order chi connectivity index (χ0) is 10.2. The molecule has 0 aliphatic carbocycles. The predicted octanol–water partition coefficient (Wildman–Crippen LogP) is -0.292. The molecule has 1 unspecified atom stereocenters. The number of hydrogen-bond acceptors (Lipinski definition) is 3. The molecule has 0 aromatic rings. The van der Waals surface area contributed by atoms with Gasteiger partial charge in [0.05, 0.1) is 6.17 Å². The van der Waals surface area contributed by atoms with E-state index in [0.717, 1.165) is 25.7 Å². The SMILES string of the molecule is NC1CCCN1S(=O)(=O)N1CCCC1. The molecule has 0 radical (unpaired) electrons. The molecule has 6 heteroatoms. The van der Waals surface area contributed by atoms with Crippen LogP contribution in [0, 0.1) is 0 Å². The van der Waals surface area contributed by atoms with Gasteiger partial charge in [0, 0.05) is 19.6 Å². The smallest absolute Gasteiger partial charge is 0.283 e. The molecule has 2 fully saturated rings. The molecule has 2 aliphatic heterocycles. The lowest BCUT2D eigenvalue weighted by molar-refractivity contribution is 0.349. The summed E-state index contributed by atoms with van der Waals surface area (Å²) < 4.78 is 27.0. The molecule has 0 amide bonds. The van der Waals surface area contributed by atoms with Crippen LogP contribution in [0.25, 0.3) is 0 Å². The Balaban J connectivity index is 2.14. The van der Waals surface area contributed by atoms with Crippen molar-refractivity contribution in [3.05, 3.63) is 0 Å². The molecule has 2 aliphatic rings. The normalized spacial score (nSPS) is 31.4. The van der Waals surface area contributed by atoms with Gasteiger partial charge in [-0.1, -0.05) is 0 Å². The lowest BCUT2D eigenvalue weighted by Gasteiger charge is -2.26. The summed E-state index contributed by atoms with van der Waals surface area (Å²) in [5, 5.41) is 0. The molecule has 82 valence electrons. The van der Waals surface area contributed by atoms with E-state index in [0.29, 0.717) is 19.6 Å². The van der Waals surface area contributed by atoms with Gasteiger partial charge in [0.2, 0.25) is 0 Å². The predicted molar refractivity (Wildman–Crippen MR) is 53.6 cm³/mol. The molecule has 2 N–H and O–H groups in total. The largest absolute Gasteiger partial charge is 0.315 e. The Morgan fingerprint density at radius 2 is 1.71 bits per heavy atom. The fraction of sp³-hybridized carbons (Fsp3) is 1.00. The van der Waals surface area contributed by atoms with Crippen LogP contribution in [0.5, 0.6) is 0 Å². The zero-order valence-corrected chi connectivity index (χ0v) is 9.04. The number of hydrogen-bond donors (Lipinski definition) is 1. The van der Waals surface area contributed by atoms with Gasteiger partial charge < -0.3 is 5.73 Å². The maximum Gasteiger partial charge on any atom is 0.283 e. The molecule has 2 rings (SSSR count). The van der Waals surface area contributed by atoms with Crippen LogP contribution in [0.3, 0.4) is 0 Å². The van der Waals surface area contributed by atoms with E-state index in [-0.39, 0.29) is 6.17 Å². The second-order valence-corrected chi connectivity index (χ2v) is 5.82. The molecule has 1 atom stereocenters. The first-order chi connectivity index (χ1) is 6.62. The Bertz CT molecular complexity index is 298. The number of rotatable bonds is 2. The highest BCUT2D eigenvalue weighted by atomic mass is 32.2. The second kappa shape index (κ2) is 3.77. The van der Waals surface area contributed by atoms with E-state index in [4.69, 9.17) is 5.73 Å². The third-order valence-corrected chi connectivity index (χ3v) is 5.00. The summed E-state index contributed by atoms with van der Waals surface area (Å²) in [6.45, 7) is 1.90. The highest BCUT2D eigenvalue weighted by molar-refractivity contribution is 7.86. The van der Waals surface area contributed by atoms with E-state index in [9.17, 15) is 8.42 Å². The van der Waals surface area contributed by atoms with E-state index in [1.165, 1.54) is 4.31 Å². The standard InChI is InChI=1S/C8H17N3O2S/c9-8-4-3-7-11(8)14(12,13)10-5-1-2-6-10/h8H,1-7,9H2. The highest BCUT2D eigenvalue weighted by Gasteiger charge is 2.37. The van der Waals surface area contributed by atoms with E-state index < -0.39 is 10.2 Å². The van der Waals surface area contributed by atoms with Crippen LogP contribution < -0.4 is 5.73 Å². The van der Waals surface area contributed by atoms with Crippen molar-refractivity contribution in [1.82, 2.24) is 8.61 Å². The van der Waals surface area contributed by atoms with Crippen LogP contribution in [0.1, 0.15) is 25.7 Å². The first kappa shape index (κ1) is 10.4. The van der Waals surface area contributed by atoms with Crippen LogP contribution >= 0.6 is 0 Å². The van der Waals surface area contributed by atoms with Crippen LogP contribution in [-0.2, 0) is 10.2 Å². The van der Waals surface area contributed by atoms with E-state index in [1.54, 1.807) is 4.31 Å². The van der Waals surface area contributed by atoms with Crippen LogP contribution in [0.2, 0.25) is 0 Å². The van der Waals surface area contributed by atoms with Crippen molar-refractivity contribution >= 4 is 10.2 Å². The van der Waals surface area contributed by atoms with Gasteiger partial charge in [-0.3, -0.25) is 0 Å². The minimum atomic E-state index is -3.25.